The fourth-order valence-electron chi connectivity index (χ4n) is 0.981. The van der Waals surface area contributed by atoms with Gasteiger partial charge in [-0.25, -0.2) is 0 Å². The molecule has 0 aliphatic rings. The first-order valence-electron chi connectivity index (χ1n) is 4.35. The van der Waals surface area contributed by atoms with E-state index in [-0.39, 0.29) is 5.91 Å². The highest BCUT2D eigenvalue weighted by molar-refractivity contribution is 7.80. The second-order valence-electron chi connectivity index (χ2n) is 3.13. The van der Waals surface area contributed by atoms with Gasteiger partial charge in [-0.3, -0.25) is 4.79 Å². The molecule has 0 radical (unpaired) electrons. The first-order valence-corrected chi connectivity index (χ1v) is 5.53. The zero-order chi connectivity index (χ0) is 11.4. The van der Waals surface area contributed by atoms with Crippen molar-refractivity contribution in [3.63, 3.8) is 0 Å². The highest BCUT2D eigenvalue weighted by atomic mass is 32.1. The van der Waals surface area contributed by atoms with E-state index in [9.17, 15) is 4.79 Å². The number of nitrogens with zero attached hydrogens (tertiary/aromatic N) is 3. The van der Waals surface area contributed by atoms with E-state index in [0.29, 0.717) is 28.5 Å². The molecule has 0 aromatic carbocycles. The third-order valence-corrected chi connectivity index (χ3v) is 2.91. The summed E-state index contributed by atoms with van der Waals surface area (Å²) in [6, 6.07) is 0. The molecule has 1 heterocycles. The first-order chi connectivity index (χ1) is 7.02. The van der Waals surface area contributed by atoms with Gasteiger partial charge in [-0.2, -0.15) is 0 Å². The summed E-state index contributed by atoms with van der Waals surface area (Å²) >= 11 is 5.85. The Morgan fingerprint density at radius 3 is 2.80 bits per heavy atom. The van der Waals surface area contributed by atoms with Crippen LogP contribution in [0.25, 0.3) is 0 Å². The number of hydrogen-bond acceptors (Lipinski definition) is 5. The molecular formula is C8H12N4OS2. The van der Waals surface area contributed by atoms with Crippen LogP contribution in [0, 0.1) is 6.92 Å². The molecule has 1 rings (SSSR count). The smallest absolute Gasteiger partial charge is 0.267 e. The van der Waals surface area contributed by atoms with Crippen LogP contribution in [-0.2, 0) is 0 Å². The Bertz CT molecular complexity index is 376. The molecule has 0 saturated carbocycles. The van der Waals surface area contributed by atoms with Crippen molar-refractivity contribution in [2.24, 2.45) is 5.73 Å². The number of aromatic nitrogens is 2. The number of hydrogen-bond donors (Lipinski definition) is 1. The summed E-state index contributed by atoms with van der Waals surface area (Å²) in [4.78, 5) is 14.4. The molecule has 0 fully saturated rings. The predicted molar refractivity (Wildman–Crippen MR) is 63.0 cm³/mol. The standard InChI is InChI=1S/C8H12N4OS2/c1-5-7(15-11-10-5)8(13)12(2)4-3-6(9)14/h3-4H2,1-2H3,(H2,9,14). The molecule has 0 unspecified atom stereocenters. The second kappa shape index (κ2) is 5.13. The Morgan fingerprint density at radius 1 is 1.67 bits per heavy atom. The summed E-state index contributed by atoms with van der Waals surface area (Å²) in [7, 11) is 1.71. The lowest BCUT2D eigenvalue weighted by atomic mass is 10.3. The summed E-state index contributed by atoms with van der Waals surface area (Å²) < 4.78 is 3.71. The number of thiocarbonyl (C=S) groups is 1. The fourth-order valence-corrected chi connectivity index (χ4v) is 1.72. The van der Waals surface area contributed by atoms with Gasteiger partial charge in [0.15, 0.2) is 0 Å². The number of amides is 1. The molecule has 0 bridgehead atoms. The van der Waals surface area contributed by atoms with E-state index in [0.717, 1.165) is 11.5 Å². The molecule has 82 valence electrons. The molecule has 0 atom stereocenters. The molecular weight excluding hydrogens is 232 g/mol. The van der Waals surface area contributed by atoms with E-state index in [4.69, 9.17) is 18.0 Å². The van der Waals surface area contributed by atoms with E-state index in [2.05, 4.69) is 9.59 Å². The normalized spacial score (nSPS) is 10.0. The third-order valence-electron chi connectivity index (χ3n) is 1.89. The number of rotatable bonds is 4. The quantitative estimate of drug-likeness (QED) is 0.785. The van der Waals surface area contributed by atoms with Crippen LogP contribution in [0.15, 0.2) is 0 Å². The number of nitrogens with two attached hydrogens (primary N) is 1. The van der Waals surface area contributed by atoms with Crippen molar-refractivity contribution < 1.29 is 4.79 Å². The average Bonchev–Trinajstić information content (AvgIpc) is 2.59. The van der Waals surface area contributed by atoms with Gasteiger partial charge in [0.25, 0.3) is 5.91 Å². The van der Waals surface area contributed by atoms with E-state index in [1.807, 2.05) is 0 Å². The Balaban J connectivity index is 2.61. The summed E-state index contributed by atoms with van der Waals surface area (Å²) in [6.07, 6.45) is 0.531. The summed E-state index contributed by atoms with van der Waals surface area (Å²) in [5, 5.41) is 3.79. The van der Waals surface area contributed by atoms with Crippen molar-refractivity contribution in [1.82, 2.24) is 14.5 Å². The Labute approximate surface area is 97.4 Å². The average molecular weight is 244 g/mol. The van der Waals surface area contributed by atoms with Crippen LogP contribution in [0.2, 0.25) is 0 Å². The van der Waals surface area contributed by atoms with Gasteiger partial charge in [0.05, 0.1) is 10.7 Å². The topological polar surface area (TPSA) is 72.1 Å². The minimum atomic E-state index is -0.0845. The van der Waals surface area contributed by atoms with E-state index in [1.165, 1.54) is 0 Å². The Morgan fingerprint density at radius 2 is 2.33 bits per heavy atom. The van der Waals surface area contributed by atoms with Gasteiger partial charge in [0.2, 0.25) is 0 Å². The predicted octanol–water partition coefficient (Wildman–Crippen LogP) is 0.595. The maximum absolute atomic E-state index is 11.8. The van der Waals surface area contributed by atoms with Gasteiger partial charge >= 0.3 is 0 Å². The molecule has 5 nitrogen and oxygen atoms in total. The minimum absolute atomic E-state index is 0.0845. The Kier molecular flexibility index (Phi) is 4.10. The highest BCUT2D eigenvalue weighted by Crippen LogP contribution is 2.11. The van der Waals surface area contributed by atoms with Gasteiger partial charge in [-0.1, -0.05) is 16.7 Å². The fraction of sp³-hybridized carbons (Fsp3) is 0.500. The minimum Gasteiger partial charge on any atom is -0.393 e. The van der Waals surface area contributed by atoms with Gasteiger partial charge in [0.1, 0.15) is 4.88 Å². The van der Waals surface area contributed by atoms with Crippen LogP contribution in [0.5, 0.6) is 0 Å². The largest absolute Gasteiger partial charge is 0.393 e. The van der Waals surface area contributed by atoms with Gasteiger partial charge in [-0.05, 0) is 18.5 Å². The van der Waals surface area contributed by atoms with Crippen molar-refractivity contribution in [2.45, 2.75) is 13.3 Å². The Hall–Kier alpha value is -1.08. The van der Waals surface area contributed by atoms with Crippen molar-refractivity contribution >= 4 is 34.6 Å². The summed E-state index contributed by atoms with van der Waals surface area (Å²) in [5.74, 6) is -0.0845. The molecule has 0 aliphatic carbocycles. The van der Waals surface area contributed by atoms with Crippen LogP contribution in [0.1, 0.15) is 21.8 Å². The number of carbonyl (C=O) groups excluding carboxylic acids is 1. The van der Waals surface area contributed by atoms with Gasteiger partial charge in [-0.15, -0.1) is 5.10 Å². The maximum atomic E-state index is 11.8. The molecule has 1 amide bonds. The number of aryl methyl sites for hydroxylation is 1. The molecule has 0 saturated heterocycles. The molecule has 0 aliphatic heterocycles. The summed E-state index contributed by atoms with van der Waals surface area (Å²) in [6.45, 7) is 2.28. The molecule has 7 heteroatoms. The van der Waals surface area contributed by atoms with Gasteiger partial charge < -0.3 is 10.6 Å². The highest BCUT2D eigenvalue weighted by Gasteiger charge is 2.17. The molecule has 0 spiro atoms. The zero-order valence-corrected chi connectivity index (χ0v) is 10.2. The van der Waals surface area contributed by atoms with E-state index < -0.39 is 0 Å². The van der Waals surface area contributed by atoms with Crippen molar-refractivity contribution in [3.8, 4) is 0 Å². The van der Waals surface area contributed by atoms with E-state index >= 15 is 0 Å². The number of carbonyl (C=O) groups is 1. The molecule has 1 aromatic rings. The lowest BCUT2D eigenvalue weighted by molar-refractivity contribution is 0.0803. The monoisotopic (exact) mass is 244 g/mol. The first kappa shape index (κ1) is 12.0. The van der Waals surface area contributed by atoms with Crippen molar-refractivity contribution in [2.75, 3.05) is 13.6 Å². The lowest BCUT2D eigenvalue weighted by Gasteiger charge is -2.15. The lowest BCUT2D eigenvalue weighted by Crippen LogP contribution is -2.29. The van der Waals surface area contributed by atoms with Crippen molar-refractivity contribution in [1.29, 1.82) is 0 Å². The SMILES string of the molecule is Cc1nnsc1C(=O)N(C)CCC(N)=S. The van der Waals surface area contributed by atoms with Crippen LogP contribution >= 0.6 is 23.8 Å². The maximum Gasteiger partial charge on any atom is 0.267 e. The molecule has 15 heavy (non-hydrogen) atoms. The summed E-state index contributed by atoms with van der Waals surface area (Å²) in [5.41, 5.74) is 6.02. The second-order valence-corrected chi connectivity index (χ2v) is 4.41. The zero-order valence-electron chi connectivity index (χ0n) is 8.56. The van der Waals surface area contributed by atoms with Crippen LogP contribution < -0.4 is 5.73 Å². The van der Waals surface area contributed by atoms with Crippen molar-refractivity contribution in [3.05, 3.63) is 10.6 Å². The van der Waals surface area contributed by atoms with Gasteiger partial charge in [0, 0.05) is 20.0 Å². The molecule has 2 N–H and O–H groups in total. The van der Waals surface area contributed by atoms with Crippen LogP contribution in [-0.4, -0.2) is 39.0 Å². The van der Waals surface area contributed by atoms with E-state index in [1.54, 1.807) is 18.9 Å². The van der Waals surface area contributed by atoms with Crippen LogP contribution in [0.3, 0.4) is 0 Å². The van der Waals surface area contributed by atoms with Crippen LogP contribution in [0.4, 0.5) is 0 Å². The molecule has 1 aromatic heterocycles. The third kappa shape index (κ3) is 3.21.